The van der Waals surface area contributed by atoms with Crippen molar-refractivity contribution in [3.63, 3.8) is 0 Å². The topological polar surface area (TPSA) is 76.1 Å². The second-order valence-electron chi connectivity index (χ2n) is 3.17. The SMILES string of the molecule is COC(=O)Cc1cc(CN)c(Br)cc1C#N. The molecule has 1 rings (SSSR count). The summed E-state index contributed by atoms with van der Waals surface area (Å²) in [5.41, 5.74) is 7.49. The molecule has 0 atom stereocenters. The van der Waals surface area contributed by atoms with Gasteiger partial charge in [0.05, 0.1) is 25.2 Å². The van der Waals surface area contributed by atoms with Crippen LogP contribution in [-0.4, -0.2) is 13.1 Å². The monoisotopic (exact) mass is 282 g/mol. The first kappa shape index (κ1) is 12.7. The Labute approximate surface area is 102 Å². The average Bonchev–Trinajstić information content (AvgIpc) is 2.30. The number of nitriles is 1. The number of ether oxygens (including phenoxy) is 1. The number of nitrogens with zero attached hydrogens (tertiary/aromatic N) is 1. The molecule has 0 aromatic heterocycles. The summed E-state index contributed by atoms with van der Waals surface area (Å²) in [7, 11) is 1.32. The highest BCUT2D eigenvalue weighted by Crippen LogP contribution is 2.22. The van der Waals surface area contributed by atoms with Crippen LogP contribution >= 0.6 is 15.9 Å². The molecule has 1 aromatic carbocycles. The molecule has 4 nitrogen and oxygen atoms in total. The first-order chi connectivity index (χ1) is 7.62. The zero-order chi connectivity index (χ0) is 12.1. The minimum atomic E-state index is -0.373. The number of benzene rings is 1. The molecular weight excluding hydrogens is 272 g/mol. The maximum Gasteiger partial charge on any atom is 0.310 e. The third-order valence-corrected chi connectivity index (χ3v) is 2.91. The van der Waals surface area contributed by atoms with Crippen molar-refractivity contribution in [2.24, 2.45) is 5.73 Å². The van der Waals surface area contributed by atoms with E-state index >= 15 is 0 Å². The van der Waals surface area contributed by atoms with Crippen LogP contribution in [0.2, 0.25) is 0 Å². The van der Waals surface area contributed by atoms with E-state index in [0.29, 0.717) is 17.7 Å². The molecule has 0 saturated carbocycles. The van der Waals surface area contributed by atoms with Gasteiger partial charge in [-0.05, 0) is 17.2 Å². The smallest absolute Gasteiger partial charge is 0.310 e. The van der Waals surface area contributed by atoms with Gasteiger partial charge in [0.2, 0.25) is 0 Å². The van der Waals surface area contributed by atoms with E-state index in [-0.39, 0.29) is 12.4 Å². The fourth-order valence-corrected chi connectivity index (χ4v) is 1.81. The zero-order valence-electron chi connectivity index (χ0n) is 8.79. The first-order valence-electron chi connectivity index (χ1n) is 4.60. The van der Waals surface area contributed by atoms with Gasteiger partial charge < -0.3 is 10.5 Å². The van der Waals surface area contributed by atoms with Gasteiger partial charge in [0.25, 0.3) is 0 Å². The fourth-order valence-electron chi connectivity index (χ4n) is 1.30. The summed E-state index contributed by atoms with van der Waals surface area (Å²) < 4.78 is 5.34. The Hall–Kier alpha value is -1.38. The number of carbonyl (C=O) groups excluding carboxylic acids is 1. The molecule has 0 aliphatic heterocycles. The quantitative estimate of drug-likeness (QED) is 0.853. The molecule has 0 fully saturated rings. The minimum absolute atomic E-state index is 0.0830. The molecule has 0 aliphatic rings. The number of hydrogen-bond acceptors (Lipinski definition) is 4. The van der Waals surface area contributed by atoms with Crippen molar-refractivity contribution in [1.29, 1.82) is 5.26 Å². The van der Waals surface area contributed by atoms with Gasteiger partial charge in [-0.15, -0.1) is 0 Å². The van der Waals surface area contributed by atoms with Crippen molar-refractivity contribution in [3.8, 4) is 6.07 Å². The lowest BCUT2D eigenvalue weighted by molar-refractivity contribution is -0.139. The van der Waals surface area contributed by atoms with Gasteiger partial charge in [0.15, 0.2) is 0 Å². The number of hydrogen-bond donors (Lipinski definition) is 1. The molecule has 0 amide bonds. The fraction of sp³-hybridized carbons (Fsp3) is 0.273. The lowest BCUT2D eigenvalue weighted by atomic mass is 10.0. The van der Waals surface area contributed by atoms with Crippen LogP contribution in [0.4, 0.5) is 0 Å². The van der Waals surface area contributed by atoms with Crippen LogP contribution in [0.1, 0.15) is 16.7 Å². The van der Waals surface area contributed by atoms with Gasteiger partial charge in [-0.1, -0.05) is 22.0 Å². The van der Waals surface area contributed by atoms with Crippen LogP contribution in [0.5, 0.6) is 0 Å². The van der Waals surface area contributed by atoms with Crippen LogP contribution in [0, 0.1) is 11.3 Å². The number of methoxy groups -OCH3 is 1. The van der Waals surface area contributed by atoms with Crippen molar-refractivity contribution < 1.29 is 9.53 Å². The summed E-state index contributed by atoms with van der Waals surface area (Å²) in [5, 5.41) is 8.94. The summed E-state index contributed by atoms with van der Waals surface area (Å²) in [5.74, 6) is -0.373. The van der Waals surface area contributed by atoms with Gasteiger partial charge in [-0.3, -0.25) is 4.79 Å². The molecule has 1 aromatic rings. The van der Waals surface area contributed by atoms with Crippen molar-refractivity contribution in [2.75, 3.05) is 7.11 Å². The van der Waals surface area contributed by atoms with Gasteiger partial charge in [-0.2, -0.15) is 5.26 Å². The summed E-state index contributed by atoms with van der Waals surface area (Å²) in [4.78, 5) is 11.2. The van der Waals surface area contributed by atoms with Crippen molar-refractivity contribution in [1.82, 2.24) is 0 Å². The molecule has 0 radical (unpaired) electrons. The first-order valence-corrected chi connectivity index (χ1v) is 5.40. The third-order valence-electron chi connectivity index (χ3n) is 2.18. The van der Waals surface area contributed by atoms with Crippen molar-refractivity contribution in [3.05, 3.63) is 33.3 Å². The van der Waals surface area contributed by atoms with E-state index in [2.05, 4.69) is 20.7 Å². The molecule has 0 bridgehead atoms. The third kappa shape index (κ3) is 2.81. The largest absolute Gasteiger partial charge is 0.469 e. The highest BCUT2D eigenvalue weighted by Gasteiger charge is 2.11. The van der Waals surface area contributed by atoms with Crippen molar-refractivity contribution in [2.45, 2.75) is 13.0 Å². The Morgan fingerprint density at radius 1 is 1.56 bits per heavy atom. The van der Waals surface area contributed by atoms with Gasteiger partial charge in [-0.25, -0.2) is 0 Å². The molecule has 0 unspecified atom stereocenters. The molecular formula is C11H11BrN2O2. The van der Waals surface area contributed by atoms with E-state index in [1.54, 1.807) is 12.1 Å². The van der Waals surface area contributed by atoms with Crippen LogP contribution in [0.3, 0.4) is 0 Å². The standard InChI is InChI=1S/C11H11BrN2O2/c1-16-11(15)4-7-2-9(6-14)10(12)3-8(7)5-13/h2-3H,4,6,14H2,1H3. The molecule has 0 spiro atoms. The van der Waals surface area contributed by atoms with Crippen LogP contribution in [0.25, 0.3) is 0 Å². The highest BCUT2D eigenvalue weighted by molar-refractivity contribution is 9.10. The number of esters is 1. The number of rotatable bonds is 3. The minimum Gasteiger partial charge on any atom is -0.469 e. The van der Waals surface area contributed by atoms with E-state index in [9.17, 15) is 4.79 Å². The number of carbonyl (C=O) groups is 1. The van der Waals surface area contributed by atoms with Crippen molar-refractivity contribution >= 4 is 21.9 Å². The average molecular weight is 283 g/mol. The predicted molar refractivity (Wildman–Crippen MR) is 62.5 cm³/mol. The predicted octanol–water partition coefficient (Wildman–Crippen LogP) is 1.49. The lowest BCUT2D eigenvalue weighted by Gasteiger charge is -2.07. The van der Waals surface area contributed by atoms with E-state index < -0.39 is 0 Å². The molecule has 0 saturated heterocycles. The Bertz CT molecular complexity index is 452. The molecule has 5 heteroatoms. The zero-order valence-corrected chi connectivity index (χ0v) is 10.4. The Kier molecular flexibility index (Phi) is 4.47. The van der Waals surface area contributed by atoms with E-state index in [0.717, 1.165) is 10.0 Å². The summed E-state index contributed by atoms with van der Waals surface area (Å²) in [6, 6.07) is 5.46. The summed E-state index contributed by atoms with van der Waals surface area (Å²) >= 11 is 3.32. The molecule has 0 heterocycles. The van der Waals surface area contributed by atoms with E-state index in [4.69, 9.17) is 11.0 Å². The molecule has 84 valence electrons. The van der Waals surface area contributed by atoms with Crippen LogP contribution in [-0.2, 0) is 22.5 Å². The number of halogens is 1. The summed E-state index contributed by atoms with van der Waals surface area (Å²) in [6.07, 6.45) is 0.0830. The van der Waals surface area contributed by atoms with Crippen LogP contribution in [0.15, 0.2) is 16.6 Å². The summed E-state index contributed by atoms with van der Waals surface area (Å²) in [6.45, 7) is 0.348. The molecule has 0 aliphatic carbocycles. The molecule has 2 N–H and O–H groups in total. The van der Waals surface area contributed by atoms with E-state index in [1.165, 1.54) is 7.11 Å². The maximum absolute atomic E-state index is 11.2. The van der Waals surface area contributed by atoms with Gasteiger partial charge >= 0.3 is 5.97 Å². The maximum atomic E-state index is 11.2. The van der Waals surface area contributed by atoms with E-state index in [1.807, 2.05) is 6.07 Å². The Balaban J connectivity index is 3.16. The second kappa shape index (κ2) is 5.64. The van der Waals surface area contributed by atoms with Crippen LogP contribution < -0.4 is 5.73 Å². The lowest BCUT2D eigenvalue weighted by Crippen LogP contribution is -2.08. The highest BCUT2D eigenvalue weighted by atomic mass is 79.9. The Morgan fingerprint density at radius 3 is 2.75 bits per heavy atom. The number of nitrogens with two attached hydrogens (primary N) is 1. The Morgan fingerprint density at radius 2 is 2.25 bits per heavy atom. The van der Waals surface area contributed by atoms with Gasteiger partial charge in [0, 0.05) is 11.0 Å². The normalized spacial score (nSPS) is 9.62. The molecule has 16 heavy (non-hydrogen) atoms. The second-order valence-corrected chi connectivity index (χ2v) is 4.02. The van der Waals surface area contributed by atoms with Gasteiger partial charge in [0.1, 0.15) is 0 Å².